The third-order valence-corrected chi connectivity index (χ3v) is 6.02. The smallest absolute Gasteiger partial charge is 0.244 e. The molecule has 0 aliphatic carbocycles. The first-order valence-corrected chi connectivity index (χ1v) is 10.5. The number of ether oxygens (including phenoxy) is 1. The van der Waals surface area contributed by atoms with E-state index in [4.69, 9.17) is 27.9 Å². The SMILES string of the molecule is [O-][S+]1CCN(c2nc(Cl)nc3c(OCc4ccccc4Cl)ncnc23)CC1. The molecule has 0 amide bonds. The summed E-state index contributed by atoms with van der Waals surface area (Å²) in [4.78, 5) is 19.1. The number of benzene rings is 1. The number of hydrogen-bond acceptors (Lipinski definition) is 7. The van der Waals surface area contributed by atoms with Crippen LogP contribution in [-0.2, 0) is 17.8 Å². The molecule has 0 unspecified atom stereocenters. The Bertz CT molecular complexity index is 969. The van der Waals surface area contributed by atoms with Gasteiger partial charge in [-0.2, -0.15) is 9.97 Å². The minimum Gasteiger partial charge on any atom is -0.616 e. The summed E-state index contributed by atoms with van der Waals surface area (Å²) in [6.07, 6.45) is 1.41. The highest BCUT2D eigenvalue weighted by Gasteiger charge is 2.24. The van der Waals surface area contributed by atoms with Crippen LogP contribution in [0.4, 0.5) is 5.82 Å². The summed E-state index contributed by atoms with van der Waals surface area (Å²) in [5.74, 6) is 2.09. The van der Waals surface area contributed by atoms with Crippen molar-refractivity contribution >= 4 is 51.2 Å². The number of rotatable bonds is 4. The van der Waals surface area contributed by atoms with Gasteiger partial charge >= 0.3 is 0 Å². The van der Waals surface area contributed by atoms with Crippen LogP contribution in [0, 0.1) is 0 Å². The predicted molar refractivity (Wildman–Crippen MR) is 106 cm³/mol. The van der Waals surface area contributed by atoms with Gasteiger partial charge in [0.1, 0.15) is 30.0 Å². The van der Waals surface area contributed by atoms with E-state index in [1.54, 1.807) is 6.07 Å². The van der Waals surface area contributed by atoms with Gasteiger partial charge in [-0.25, -0.2) is 9.97 Å². The van der Waals surface area contributed by atoms with Crippen LogP contribution >= 0.6 is 23.2 Å². The Morgan fingerprint density at radius 3 is 2.63 bits per heavy atom. The molecule has 0 radical (unpaired) electrons. The molecule has 3 aromatic rings. The van der Waals surface area contributed by atoms with Crippen molar-refractivity contribution < 1.29 is 9.29 Å². The summed E-state index contributed by atoms with van der Waals surface area (Å²) in [7, 11) is 0. The Hall–Kier alpha value is -1.87. The molecule has 0 N–H and O–H groups in total. The van der Waals surface area contributed by atoms with Crippen LogP contribution in [0.15, 0.2) is 30.6 Å². The van der Waals surface area contributed by atoms with Gasteiger partial charge in [0.15, 0.2) is 11.3 Å². The number of aromatic nitrogens is 4. The maximum atomic E-state index is 11.6. The number of halogens is 2. The Balaban J connectivity index is 1.67. The maximum absolute atomic E-state index is 11.6. The summed E-state index contributed by atoms with van der Waals surface area (Å²) in [5, 5.41) is 0.701. The van der Waals surface area contributed by atoms with Crippen LogP contribution in [0.3, 0.4) is 0 Å². The Morgan fingerprint density at radius 1 is 1.07 bits per heavy atom. The van der Waals surface area contributed by atoms with Crippen molar-refractivity contribution in [1.82, 2.24) is 19.9 Å². The van der Waals surface area contributed by atoms with Crippen LogP contribution in [0.2, 0.25) is 10.3 Å². The van der Waals surface area contributed by atoms with Crippen LogP contribution in [0.25, 0.3) is 11.0 Å². The van der Waals surface area contributed by atoms with E-state index in [-0.39, 0.29) is 11.9 Å². The largest absolute Gasteiger partial charge is 0.616 e. The highest BCUT2D eigenvalue weighted by Crippen LogP contribution is 2.29. The topological polar surface area (TPSA) is 87.1 Å². The Morgan fingerprint density at radius 2 is 1.85 bits per heavy atom. The molecule has 0 bridgehead atoms. The predicted octanol–water partition coefficient (Wildman–Crippen LogP) is 2.87. The number of fused-ring (bicyclic) bond motifs is 1. The molecule has 3 heterocycles. The zero-order chi connectivity index (χ0) is 18.8. The standard InChI is InChI=1S/C17H15Cl2N5O2S/c18-12-4-2-1-3-11(12)9-26-16-14-13(20-10-21-16)15(23-17(19)22-14)24-5-7-27(25)8-6-24/h1-4,10H,5-9H2. The fraction of sp³-hybridized carbons (Fsp3) is 0.294. The van der Waals surface area contributed by atoms with Gasteiger partial charge in [0, 0.05) is 10.6 Å². The summed E-state index contributed by atoms with van der Waals surface area (Å²) in [5.41, 5.74) is 1.83. The van der Waals surface area contributed by atoms with Crippen molar-refractivity contribution in [2.75, 3.05) is 29.5 Å². The van der Waals surface area contributed by atoms with E-state index in [0.29, 0.717) is 52.3 Å². The second-order valence-electron chi connectivity index (χ2n) is 5.91. The van der Waals surface area contributed by atoms with E-state index >= 15 is 0 Å². The summed E-state index contributed by atoms with van der Waals surface area (Å²) in [6, 6.07) is 7.43. The minimum atomic E-state index is -0.793. The van der Waals surface area contributed by atoms with Crippen LogP contribution in [-0.4, -0.2) is 49.1 Å². The van der Waals surface area contributed by atoms with E-state index in [2.05, 4.69) is 19.9 Å². The van der Waals surface area contributed by atoms with Crippen molar-refractivity contribution in [3.8, 4) is 5.88 Å². The van der Waals surface area contributed by atoms with Gasteiger partial charge in [0.2, 0.25) is 11.2 Å². The van der Waals surface area contributed by atoms with Gasteiger partial charge in [0.05, 0.1) is 13.1 Å². The molecule has 1 aliphatic heterocycles. The van der Waals surface area contributed by atoms with Crippen molar-refractivity contribution in [2.24, 2.45) is 0 Å². The van der Waals surface area contributed by atoms with E-state index in [9.17, 15) is 4.55 Å². The number of hydrogen-bond donors (Lipinski definition) is 0. The highest BCUT2D eigenvalue weighted by atomic mass is 35.5. The van der Waals surface area contributed by atoms with E-state index in [1.807, 2.05) is 23.1 Å². The highest BCUT2D eigenvalue weighted by molar-refractivity contribution is 7.91. The van der Waals surface area contributed by atoms with Crippen LogP contribution in [0.1, 0.15) is 5.56 Å². The molecule has 0 atom stereocenters. The summed E-state index contributed by atoms with van der Waals surface area (Å²) < 4.78 is 17.5. The monoisotopic (exact) mass is 423 g/mol. The van der Waals surface area contributed by atoms with E-state index in [1.165, 1.54) is 6.33 Å². The van der Waals surface area contributed by atoms with Crippen molar-refractivity contribution in [2.45, 2.75) is 6.61 Å². The molecule has 27 heavy (non-hydrogen) atoms. The summed E-state index contributed by atoms with van der Waals surface area (Å²) in [6.45, 7) is 1.48. The van der Waals surface area contributed by atoms with Crippen LogP contribution < -0.4 is 9.64 Å². The zero-order valence-corrected chi connectivity index (χ0v) is 16.5. The fourth-order valence-electron chi connectivity index (χ4n) is 2.82. The molecular formula is C17H15Cl2N5O2S. The first-order valence-electron chi connectivity index (χ1n) is 8.26. The van der Waals surface area contributed by atoms with Gasteiger partial charge in [-0.3, -0.25) is 0 Å². The third-order valence-electron chi connectivity index (χ3n) is 4.20. The minimum absolute atomic E-state index is 0.0848. The molecule has 1 fully saturated rings. The van der Waals surface area contributed by atoms with Crippen LogP contribution in [0.5, 0.6) is 5.88 Å². The molecule has 0 saturated carbocycles. The van der Waals surface area contributed by atoms with E-state index < -0.39 is 11.2 Å². The molecule has 140 valence electrons. The number of anilines is 1. The first-order chi connectivity index (χ1) is 13.1. The summed E-state index contributed by atoms with van der Waals surface area (Å²) >= 11 is 11.5. The second-order valence-corrected chi connectivity index (χ2v) is 8.35. The molecule has 1 aromatic carbocycles. The maximum Gasteiger partial charge on any atom is 0.244 e. The lowest BCUT2D eigenvalue weighted by Gasteiger charge is -2.29. The fourth-order valence-corrected chi connectivity index (χ4v) is 4.23. The molecule has 2 aromatic heterocycles. The van der Waals surface area contributed by atoms with Gasteiger partial charge in [-0.05, 0) is 17.7 Å². The van der Waals surface area contributed by atoms with E-state index in [0.717, 1.165) is 5.56 Å². The van der Waals surface area contributed by atoms with Gasteiger partial charge in [-0.15, -0.1) is 0 Å². The lowest BCUT2D eigenvalue weighted by atomic mass is 10.2. The van der Waals surface area contributed by atoms with Gasteiger partial charge < -0.3 is 14.2 Å². The Kier molecular flexibility index (Phi) is 5.49. The molecule has 4 rings (SSSR count). The lowest BCUT2D eigenvalue weighted by molar-refractivity contribution is 0.297. The average Bonchev–Trinajstić information content (AvgIpc) is 2.67. The quantitative estimate of drug-likeness (QED) is 0.470. The van der Waals surface area contributed by atoms with Crippen molar-refractivity contribution in [1.29, 1.82) is 0 Å². The molecule has 1 aliphatic rings. The van der Waals surface area contributed by atoms with Crippen molar-refractivity contribution in [3.05, 3.63) is 46.5 Å². The molecule has 0 spiro atoms. The molecule has 10 heteroatoms. The van der Waals surface area contributed by atoms with Gasteiger partial charge in [-0.1, -0.05) is 41.0 Å². The average molecular weight is 424 g/mol. The second kappa shape index (κ2) is 8.02. The molecule has 1 saturated heterocycles. The Labute approximate surface area is 168 Å². The normalized spacial score (nSPS) is 15.3. The third kappa shape index (κ3) is 4.03. The lowest BCUT2D eigenvalue weighted by Crippen LogP contribution is -2.41. The number of nitrogens with zero attached hydrogens (tertiary/aromatic N) is 5. The first kappa shape index (κ1) is 18.5. The molecule has 7 nitrogen and oxygen atoms in total. The zero-order valence-electron chi connectivity index (χ0n) is 14.1. The van der Waals surface area contributed by atoms with Gasteiger partial charge in [0.25, 0.3) is 0 Å². The molecular weight excluding hydrogens is 409 g/mol. The van der Waals surface area contributed by atoms with Crippen molar-refractivity contribution in [3.63, 3.8) is 0 Å².